The molecule has 7 heteroatoms. The predicted octanol–water partition coefficient (Wildman–Crippen LogP) is 3.60. The highest BCUT2D eigenvalue weighted by molar-refractivity contribution is 5.98. The predicted molar refractivity (Wildman–Crippen MR) is 113 cm³/mol. The number of carbonyl (C=O) groups is 3. The number of fused-ring (bicyclic) bond motifs is 3. The monoisotopic (exact) mass is 427 g/mol. The van der Waals surface area contributed by atoms with E-state index in [0.717, 1.165) is 29.7 Å². The molecule has 0 bridgehead atoms. The summed E-state index contributed by atoms with van der Waals surface area (Å²) in [5, 5.41) is 0. The van der Waals surface area contributed by atoms with Gasteiger partial charge >= 0.3 is 12.1 Å². The molecule has 0 N–H and O–H groups in total. The number of amides is 2. The minimum atomic E-state index is -0.806. The lowest BCUT2D eigenvalue weighted by atomic mass is 9.55. The Morgan fingerprint density at radius 1 is 1.29 bits per heavy atom. The third-order valence-corrected chi connectivity index (χ3v) is 7.29. The standard InChI is InChI=1S/C24H29NO6/c1-24(22(27)25-12-13-31-23(25)28)16(6-11-21(26)30-3)5-8-19-18-9-7-17(29-2)14-15(18)4-10-20(19)24/h7-9,14,16,20H,4-6,10-13H2,1-3H3/t16-,20-,24-/m0/s1. The van der Waals surface area contributed by atoms with Crippen LogP contribution in [0, 0.1) is 17.3 Å². The molecule has 3 aliphatic rings. The lowest BCUT2D eigenvalue weighted by Gasteiger charge is -2.49. The maximum Gasteiger partial charge on any atom is 0.416 e. The molecule has 0 spiro atoms. The summed E-state index contributed by atoms with van der Waals surface area (Å²) in [6.07, 6.45) is 4.71. The molecule has 1 aliphatic heterocycles. The maximum absolute atomic E-state index is 13.8. The minimum absolute atomic E-state index is 0.0364. The molecule has 2 aliphatic carbocycles. The van der Waals surface area contributed by atoms with Crippen molar-refractivity contribution in [2.75, 3.05) is 27.4 Å². The Morgan fingerprint density at radius 3 is 2.77 bits per heavy atom. The molecule has 0 aromatic heterocycles. The lowest BCUT2D eigenvalue weighted by Crippen LogP contribution is -2.53. The number of carbonyl (C=O) groups excluding carboxylic acids is 3. The third-order valence-electron chi connectivity index (χ3n) is 7.29. The van der Waals surface area contributed by atoms with Crippen LogP contribution in [0.2, 0.25) is 0 Å². The van der Waals surface area contributed by atoms with Crippen molar-refractivity contribution >= 4 is 23.5 Å². The Balaban J connectivity index is 1.73. The van der Waals surface area contributed by atoms with Gasteiger partial charge in [-0.25, -0.2) is 9.69 Å². The fourth-order valence-electron chi connectivity index (χ4n) is 5.51. The highest BCUT2D eigenvalue weighted by Gasteiger charge is 2.54. The number of aryl methyl sites for hydroxylation is 1. The van der Waals surface area contributed by atoms with Gasteiger partial charge in [0.15, 0.2) is 0 Å². The second-order valence-corrected chi connectivity index (χ2v) is 8.68. The number of nitrogens with zero attached hydrogens (tertiary/aromatic N) is 1. The molecule has 31 heavy (non-hydrogen) atoms. The minimum Gasteiger partial charge on any atom is -0.497 e. The SMILES string of the molecule is COC(=O)CC[C@@H]1CC=C2c3ccc(OC)cc3CC[C@@H]2[C@@]1(C)C(=O)N1CCOC1=O. The summed E-state index contributed by atoms with van der Waals surface area (Å²) in [5.74, 6) is 0.235. The zero-order chi connectivity index (χ0) is 22.2. The number of imide groups is 1. The van der Waals surface area contributed by atoms with E-state index in [4.69, 9.17) is 14.2 Å². The molecule has 1 aromatic carbocycles. The van der Waals surface area contributed by atoms with E-state index in [1.165, 1.54) is 17.6 Å². The van der Waals surface area contributed by atoms with E-state index < -0.39 is 11.5 Å². The Hall–Kier alpha value is -2.83. The summed E-state index contributed by atoms with van der Waals surface area (Å²) in [6, 6.07) is 6.07. The van der Waals surface area contributed by atoms with Gasteiger partial charge in [0.05, 0.1) is 26.2 Å². The van der Waals surface area contributed by atoms with Crippen molar-refractivity contribution in [1.29, 1.82) is 0 Å². The van der Waals surface area contributed by atoms with Gasteiger partial charge in [-0.05, 0) is 73.3 Å². The molecule has 3 atom stereocenters. The Labute approximate surface area is 182 Å². The van der Waals surface area contributed by atoms with Crippen LogP contribution >= 0.6 is 0 Å². The van der Waals surface area contributed by atoms with Crippen molar-refractivity contribution in [3.63, 3.8) is 0 Å². The average Bonchev–Trinajstić information content (AvgIpc) is 3.22. The van der Waals surface area contributed by atoms with E-state index in [2.05, 4.69) is 18.2 Å². The van der Waals surface area contributed by atoms with Gasteiger partial charge in [0.25, 0.3) is 0 Å². The van der Waals surface area contributed by atoms with E-state index in [-0.39, 0.29) is 43.3 Å². The van der Waals surface area contributed by atoms with Crippen LogP contribution in [-0.2, 0) is 25.5 Å². The molecular weight excluding hydrogens is 398 g/mol. The van der Waals surface area contributed by atoms with Crippen LogP contribution in [-0.4, -0.2) is 50.2 Å². The summed E-state index contributed by atoms with van der Waals surface area (Å²) in [7, 11) is 3.03. The van der Waals surface area contributed by atoms with Crippen molar-refractivity contribution in [2.45, 2.75) is 39.0 Å². The van der Waals surface area contributed by atoms with Gasteiger partial charge in [-0.3, -0.25) is 9.59 Å². The molecule has 1 aromatic rings. The van der Waals surface area contributed by atoms with E-state index in [0.29, 0.717) is 12.8 Å². The number of ether oxygens (including phenoxy) is 3. The Morgan fingerprint density at radius 2 is 2.10 bits per heavy atom. The maximum atomic E-state index is 13.8. The molecule has 2 amide bonds. The second kappa shape index (κ2) is 8.36. The van der Waals surface area contributed by atoms with Crippen LogP contribution in [0.4, 0.5) is 4.79 Å². The summed E-state index contributed by atoms with van der Waals surface area (Å²) in [6.45, 7) is 2.47. The molecular formula is C24H29NO6. The molecule has 4 rings (SSSR count). The molecule has 1 fully saturated rings. The second-order valence-electron chi connectivity index (χ2n) is 8.68. The van der Waals surface area contributed by atoms with Crippen molar-refractivity contribution in [3.05, 3.63) is 35.4 Å². The Bertz CT molecular complexity index is 938. The van der Waals surface area contributed by atoms with Gasteiger partial charge < -0.3 is 14.2 Å². The third kappa shape index (κ3) is 3.60. The highest BCUT2D eigenvalue weighted by atomic mass is 16.6. The van der Waals surface area contributed by atoms with Crippen LogP contribution in [0.5, 0.6) is 5.75 Å². The van der Waals surface area contributed by atoms with Gasteiger partial charge in [0.1, 0.15) is 12.4 Å². The first-order valence-electron chi connectivity index (χ1n) is 10.8. The number of allylic oxidation sites excluding steroid dienone is 2. The fourth-order valence-corrected chi connectivity index (χ4v) is 5.51. The average molecular weight is 427 g/mol. The summed E-state index contributed by atoms with van der Waals surface area (Å²) in [4.78, 5) is 39.1. The number of esters is 1. The summed E-state index contributed by atoms with van der Waals surface area (Å²) in [5.41, 5.74) is 2.71. The largest absolute Gasteiger partial charge is 0.497 e. The number of methoxy groups -OCH3 is 2. The van der Waals surface area contributed by atoms with Gasteiger partial charge in [0, 0.05) is 6.42 Å². The topological polar surface area (TPSA) is 82.1 Å². The van der Waals surface area contributed by atoms with Crippen LogP contribution in [0.3, 0.4) is 0 Å². The molecule has 1 saturated heterocycles. The number of cyclic esters (lactones) is 1. The van der Waals surface area contributed by atoms with Gasteiger partial charge in [0.2, 0.25) is 5.91 Å². The van der Waals surface area contributed by atoms with Crippen LogP contribution in [0.1, 0.15) is 43.7 Å². The molecule has 166 valence electrons. The van der Waals surface area contributed by atoms with E-state index in [9.17, 15) is 14.4 Å². The molecule has 0 unspecified atom stereocenters. The van der Waals surface area contributed by atoms with Gasteiger partial charge in [-0.15, -0.1) is 0 Å². The number of hydrogen-bond acceptors (Lipinski definition) is 6. The van der Waals surface area contributed by atoms with Crippen molar-refractivity contribution < 1.29 is 28.6 Å². The fraction of sp³-hybridized carbons (Fsp3) is 0.542. The zero-order valence-corrected chi connectivity index (χ0v) is 18.3. The first-order valence-corrected chi connectivity index (χ1v) is 10.8. The van der Waals surface area contributed by atoms with Crippen LogP contribution in [0.15, 0.2) is 24.3 Å². The highest BCUT2D eigenvalue weighted by Crippen LogP contribution is 2.55. The number of benzene rings is 1. The van der Waals surface area contributed by atoms with E-state index >= 15 is 0 Å². The van der Waals surface area contributed by atoms with Gasteiger partial charge in [-0.1, -0.05) is 12.1 Å². The zero-order valence-electron chi connectivity index (χ0n) is 18.3. The van der Waals surface area contributed by atoms with Crippen LogP contribution in [0.25, 0.3) is 5.57 Å². The summed E-state index contributed by atoms with van der Waals surface area (Å²) < 4.78 is 15.3. The molecule has 0 radical (unpaired) electrons. The first kappa shape index (κ1) is 21.4. The number of rotatable bonds is 5. The van der Waals surface area contributed by atoms with Gasteiger partial charge in [-0.2, -0.15) is 0 Å². The van der Waals surface area contributed by atoms with Crippen molar-refractivity contribution in [2.24, 2.45) is 17.3 Å². The smallest absolute Gasteiger partial charge is 0.416 e. The molecule has 0 saturated carbocycles. The van der Waals surface area contributed by atoms with E-state index in [1.54, 1.807) is 7.11 Å². The molecule has 1 heterocycles. The Kier molecular flexibility index (Phi) is 5.77. The van der Waals surface area contributed by atoms with Crippen molar-refractivity contribution in [1.82, 2.24) is 4.90 Å². The summed E-state index contributed by atoms with van der Waals surface area (Å²) >= 11 is 0. The normalized spacial score (nSPS) is 27.0. The van der Waals surface area contributed by atoms with E-state index in [1.807, 2.05) is 13.0 Å². The van der Waals surface area contributed by atoms with Crippen molar-refractivity contribution in [3.8, 4) is 5.75 Å². The first-order chi connectivity index (χ1) is 14.9. The lowest BCUT2D eigenvalue weighted by molar-refractivity contribution is -0.147. The quantitative estimate of drug-likeness (QED) is 0.668. The van der Waals surface area contributed by atoms with Crippen LogP contribution < -0.4 is 4.74 Å². The number of hydrogen-bond donors (Lipinski definition) is 0. The molecule has 7 nitrogen and oxygen atoms in total.